The van der Waals surface area contributed by atoms with Gasteiger partial charge in [0.1, 0.15) is 18.1 Å². The zero-order valence-electron chi connectivity index (χ0n) is 12.9. The summed E-state index contributed by atoms with van der Waals surface area (Å²) < 4.78 is 13.2. The fourth-order valence-electron chi connectivity index (χ4n) is 2.61. The summed E-state index contributed by atoms with van der Waals surface area (Å²) in [6, 6.07) is 13.9. The van der Waals surface area contributed by atoms with E-state index in [4.69, 9.17) is 15.2 Å². The Morgan fingerprint density at radius 1 is 1.09 bits per heavy atom. The van der Waals surface area contributed by atoms with E-state index in [1.165, 1.54) is 10.9 Å². The van der Waals surface area contributed by atoms with Gasteiger partial charge in [-0.15, -0.1) is 0 Å². The van der Waals surface area contributed by atoms with Gasteiger partial charge in [-0.25, -0.2) is 0 Å². The number of nitrogens with two attached hydrogens (primary N) is 1. The van der Waals surface area contributed by atoms with Gasteiger partial charge in [0, 0.05) is 42.3 Å². The normalized spacial score (nSPS) is 10.9. The highest BCUT2D eigenvalue weighted by Crippen LogP contribution is 2.25. The van der Waals surface area contributed by atoms with Gasteiger partial charge in [-0.05, 0) is 23.8 Å². The Balaban J connectivity index is 1.84. The third-order valence-corrected chi connectivity index (χ3v) is 3.81. The van der Waals surface area contributed by atoms with E-state index in [0.717, 1.165) is 22.6 Å². The zero-order chi connectivity index (χ0) is 15.5. The largest absolute Gasteiger partial charge is 0.497 e. The van der Waals surface area contributed by atoms with Crippen molar-refractivity contribution in [3.05, 3.63) is 59.8 Å². The quantitative estimate of drug-likeness (QED) is 0.786. The van der Waals surface area contributed by atoms with Gasteiger partial charge < -0.3 is 19.8 Å². The molecule has 0 amide bonds. The molecule has 0 spiro atoms. The smallest absolute Gasteiger partial charge is 0.123 e. The Labute approximate surface area is 130 Å². The number of methoxy groups -OCH3 is 1. The van der Waals surface area contributed by atoms with Crippen LogP contribution in [0.3, 0.4) is 0 Å². The zero-order valence-corrected chi connectivity index (χ0v) is 12.9. The van der Waals surface area contributed by atoms with Crippen LogP contribution >= 0.6 is 0 Å². The number of hydrogen-bond acceptors (Lipinski definition) is 3. The molecule has 0 fully saturated rings. The molecule has 0 unspecified atom stereocenters. The molecule has 0 aliphatic rings. The molecule has 1 aromatic heterocycles. The SMILES string of the molecule is COc1cccc(OCc2cn(C)c3cc(CN)ccc23)c1. The number of hydrogen-bond donors (Lipinski definition) is 1. The maximum absolute atomic E-state index is 5.89. The van der Waals surface area contributed by atoms with Gasteiger partial charge >= 0.3 is 0 Å². The Kier molecular flexibility index (Phi) is 4.02. The van der Waals surface area contributed by atoms with Gasteiger partial charge in [0.15, 0.2) is 0 Å². The lowest BCUT2D eigenvalue weighted by Gasteiger charge is -2.07. The van der Waals surface area contributed by atoms with Crippen molar-refractivity contribution in [1.82, 2.24) is 4.57 Å². The first-order valence-corrected chi connectivity index (χ1v) is 7.25. The lowest BCUT2D eigenvalue weighted by atomic mass is 10.1. The molecule has 1 heterocycles. The highest BCUT2D eigenvalue weighted by atomic mass is 16.5. The van der Waals surface area contributed by atoms with Gasteiger partial charge in [-0.1, -0.05) is 18.2 Å². The molecule has 4 nitrogen and oxygen atoms in total. The molecule has 0 aliphatic carbocycles. The van der Waals surface area contributed by atoms with Crippen molar-refractivity contribution < 1.29 is 9.47 Å². The van der Waals surface area contributed by atoms with E-state index in [-0.39, 0.29) is 0 Å². The number of fused-ring (bicyclic) bond motifs is 1. The second-order valence-electron chi connectivity index (χ2n) is 5.29. The molecule has 3 aromatic rings. The average Bonchev–Trinajstić information content (AvgIpc) is 2.88. The predicted octanol–water partition coefficient (Wildman–Crippen LogP) is 3.22. The average molecular weight is 296 g/mol. The minimum Gasteiger partial charge on any atom is -0.497 e. The number of aromatic nitrogens is 1. The highest BCUT2D eigenvalue weighted by molar-refractivity contribution is 5.84. The standard InChI is InChI=1S/C18H20N2O2/c1-20-11-14(17-7-6-13(10-19)8-18(17)20)12-22-16-5-3-4-15(9-16)21-2/h3-9,11H,10,12,19H2,1-2H3. The van der Waals surface area contributed by atoms with Crippen molar-refractivity contribution in [3.8, 4) is 11.5 Å². The van der Waals surface area contributed by atoms with E-state index in [1.54, 1.807) is 7.11 Å². The third kappa shape index (κ3) is 2.78. The maximum Gasteiger partial charge on any atom is 0.123 e. The molecule has 4 heteroatoms. The number of nitrogens with zero attached hydrogens (tertiary/aromatic N) is 1. The molecule has 3 rings (SSSR count). The lowest BCUT2D eigenvalue weighted by molar-refractivity contribution is 0.305. The minimum atomic E-state index is 0.520. The Morgan fingerprint density at radius 3 is 2.68 bits per heavy atom. The molecule has 0 atom stereocenters. The summed E-state index contributed by atoms with van der Waals surface area (Å²) in [4.78, 5) is 0. The molecule has 114 valence electrons. The van der Waals surface area contributed by atoms with Crippen LogP contribution in [0.2, 0.25) is 0 Å². The van der Waals surface area contributed by atoms with Crippen LogP contribution in [-0.2, 0) is 20.2 Å². The molecular weight excluding hydrogens is 276 g/mol. The first-order valence-electron chi connectivity index (χ1n) is 7.25. The lowest BCUT2D eigenvalue weighted by Crippen LogP contribution is -1.96. The predicted molar refractivity (Wildman–Crippen MR) is 88.1 cm³/mol. The van der Waals surface area contributed by atoms with Crippen LogP contribution < -0.4 is 15.2 Å². The van der Waals surface area contributed by atoms with Gasteiger partial charge in [0.25, 0.3) is 0 Å². The second kappa shape index (κ2) is 6.12. The molecule has 0 saturated carbocycles. The van der Waals surface area contributed by atoms with Gasteiger partial charge in [0.05, 0.1) is 7.11 Å². The van der Waals surface area contributed by atoms with E-state index in [9.17, 15) is 0 Å². The molecule has 0 radical (unpaired) electrons. The number of aryl methyl sites for hydroxylation is 1. The Morgan fingerprint density at radius 2 is 1.91 bits per heavy atom. The van der Waals surface area contributed by atoms with Gasteiger partial charge in [-0.2, -0.15) is 0 Å². The third-order valence-electron chi connectivity index (χ3n) is 3.81. The van der Waals surface area contributed by atoms with Crippen LogP contribution in [-0.4, -0.2) is 11.7 Å². The van der Waals surface area contributed by atoms with E-state index >= 15 is 0 Å². The van der Waals surface area contributed by atoms with Crippen LogP contribution in [0.5, 0.6) is 11.5 Å². The monoisotopic (exact) mass is 296 g/mol. The van der Waals surface area contributed by atoms with Crippen molar-refractivity contribution in [2.75, 3.05) is 7.11 Å². The van der Waals surface area contributed by atoms with Crippen molar-refractivity contribution in [1.29, 1.82) is 0 Å². The summed E-state index contributed by atoms with van der Waals surface area (Å²) in [7, 11) is 3.69. The topological polar surface area (TPSA) is 49.4 Å². The van der Waals surface area contributed by atoms with Crippen molar-refractivity contribution in [2.45, 2.75) is 13.2 Å². The van der Waals surface area contributed by atoms with Crippen LogP contribution in [0, 0.1) is 0 Å². The van der Waals surface area contributed by atoms with E-state index < -0.39 is 0 Å². The Bertz CT molecular complexity index is 793. The molecule has 22 heavy (non-hydrogen) atoms. The van der Waals surface area contributed by atoms with E-state index in [2.05, 4.69) is 29.0 Å². The van der Waals surface area contributed by atoms with E-state index in [1.807, 2.05) is 31.3 Å². The molecule has 0 saturated heterocycles. The fraction of sp³-hybridized carbons (Fsp3) is 0.222. The summed E-state index contributed by atoms with van der Waals surface area (Å²) in [5, 5.41) is 1.20. The molecule has 2 N–H and O–H groups in total. The van der Waals surface area contributed by atoms with Gasteiger partial charge in [0.2, 0.25) is 0 Å². The van der Waals surface area contributed by atoms with Gasteiger partial charge in [-0.3, -0.25) is 0 Å². The van der Waals surface area contributed by atoms with Crippen LogP contribution in [0.15, 0.2) is 48.7 Å². The summed E-state index contributed by atoms with van der Waals surface area (Å²) in [6.45, 7) is 1.07. The van der Waals surface area contributed by atoms with Crippen LogP contribution in [0.1, 0.15) is 11.1 Å². The maximum atomic E-state index is 5.89. The highest BCUT2D eigenvalue weighted by Gasteiger charge is 2.08. The number of rotatable bonds is 5. The Hall–Kier alpha value is -2.46. The van der Waals surface area contributed by atoms with E-state index in [0.29, 0.717) is 13.2 Å². The molecular formula is C18H20N2O2. The summed E-state index contributed by atoms with van der Waals surface area (Å²) in [6.07, 6.45) is 2.10. The molecule has 0 aliphatic heterocycles. The minimum absolute atomic E-state index is 0.520. The van der Waals surface area contributed by atoms with Crippen LogP contribution in [0.25, 0.3) is 10.9 Å². The van der Waals surface area contributed by atoms with Crippen molar-refractivity contribution in [2.24, 2.45) is 12.8 Å². The molecule has 2 aromatic carbocycles. The first-order chi connectivity index (χ1) is 10.7. The fourth-order valence-corrected chi connectivity index (χ4v) is 2.61. The number of benzene rings is 2. The summed E-state index contributed by atoms with van der Waals surface area (Å²) >= 11 is 0. The van der Waals surface area contributed by atoms with Crippen molar-refractivity contribution in [3.63, 3.8) is 0 Å². The second-order valence-corrected chi connectivity index (χ2v) is 5.29. The van der Waals surface area contributed by atoms with Crippen molar-refractivity contribution >= 4 is 10.9 Å². The summed E-state index contributed by atoms with van der Waals surface area (Å²) in [5.74, 6) is 1.60. The van der Waals surface area contributed by atoms with Crippen LogP contribution in [0.4, 0.5) is 0 Å². The molecule has 0 bridgehead atoms. The first kappa shape index (κ1) is 14.5. The summed E-state index contributed by atoms with van der Waals surface area (Å²) in [5.41, 5.74) is 9.18. The number of ether oxygens (including phenoxy) is 2.